The van der Waals surface area contributed by atoms with Crippen LogP contribution in [0.4, 0.5) is 0 Å². The van der Waals surface area contributed by atoms with Gasteiger partial charge in [-0.05, 0) is 31.2 Å². The van der Waals surface area contributed by atoms with Crippen LogP contribution < -0.4 is 10.9 Å². The van der Waals surface area contributed by atoms with E-state index in [9.17, 15) is 18.0 Å². The van der Waals surface area contributed by atoms with E-state index in [0.29, 0.717) is 29.1 Å². The molecule has 0 saturated carbocycles. The summed E-state index contributed by atoms with van der Waals surface area (Å²) in [6.07, 6.45) is 1.80. The second-order valence-electron chi connectivity index (χ2n) is 6.92. The van der Waals surface area contributed by atoms with E-state index in [4.69, 9.17) is 4.42 Å². The number of imidazole rings is 1. The summed E-state index contributed by atoms with van der Waals surface area (Å²) in [5.41, 5.74) is 6.33. The van der Waals surface area contributed by atoms with E-state index in [2.05, 4.69) is 15.8 Å². The molecule has 11 heteroatoms. The predicted octanol–water partition coefficient (Wildman–Crippen LogP) is 1.12. The van der Waals surface area contributed by atoms with E-state index in [1.54, 1.807) is 20.0 Å². The molecule has 160 valence electrons. The van der Waals surface area contributed by atoms with Gasteiger partial charge in [0, 0.05) is 34.0 Å². The van der Waals surface area contributed by atoms with Crippen molar-refractivity contribution in [1.82, 2.24) is 24.7 Å². The van der Waals surface area contributed by atoms with Crippen molar-refractivity contribution < 1.29 is 22.4 Å². The number of nitrogens with one attached hydrogen (secondary N) is 2. The standard InChI is InChI=1S/C19H23N5O5S/c1-12-14(9-10-29-12)19(26)22-21-18(25)8-7-17-20-15-11-13(30(27,28)23(2)3)5-6-16(15)24(17)4/h5-6,9-11H,7-8H2,1-4H3,(H,21,25)(H,22,26). The molecule has 2 amide bonds. The minimum absolute atomic E-state index is 0.0880. The van der Waals surface area contributed by atoms with Gasteiger partial charge < -0.3 is 8.98 Å². The predicted molar refractivity (Wildman–Crippen MR) is 109 cm³/mol. The van der Waals surface area contributed by atoms with Crippen molar-refractivity contribution in [2.75, 3.05) is 14.1 Å². The number of hydrogen-bond acceptors (Lipinski definition) is 6. The highest BCUT2D eigenvalue weighted by atomic mass is 32.2. The number of sulfonamides is 1. The number of carbonyl (C=O) groups excluding carboxylic acids is 2. The Morgan fingerprint density at radius 3 is 2.57 bits per heavy atom. The number of benzene rings is 1. The van der Waals surface area contributed by atoms with Crippen LogP contribution in [0, 0.1) is 6.92 Å². The first-order valence-corrected chi connectivity index (χ1v) is 10.6. The van der Waals surface area contributed by atoms with E-state index in [0.717, 1.165) is 9.82 Å². The van der Waals surface area contributed by atoms with Gasteiger partial charge in [-0.2, -0.15) is 0 Å². The number of nitrogens with zero attached hydrogens (tertiary/aromatic N) is 3. The fourth-order valence-corrected chi connectivity index (χ4v) is 3.85. The summed E-state index contributed by atoms with van der Waals surface area (Å²) in [5.74, 6) is 0.230. The molecule has 0 saturated heterocycles. The maximum Gasteiger partial charge on any atom is 0.273 e. The summed E-state index contributed by atoms with van der Waals surface area (Å²) in [4.78, 5) is 28.7. The minimum atomic E-state index is -3.56. The molecule has 2 heterocycles. The van der Waals surface area contributed by atoms with Crippen LogP contribution >= 0.6 is 0 Å². The Hall–Kier alpha value is -3.18. The Labute approximate surface area is 173 Å². The number of hydrogen-bond donors (Lipinski definition) is 2. The van der Waals surface area contributed by atoms with Gasteiger partial charge >= 0.3 is 0 Å². The number of carbonyl (C=O) groups is 2. The van der Waals surface area contributed by atoms with E-state index >= 15 is 0 Å². The highest BCUT2D eigenvalue weighted by Crippen LogP contribution is 2.21. The van der Waals surface area contributed by atoms with Gasteiger partial charge in [0.25, 0.3) is 5.91 Å². The van der Waals surface area contributed by atoms with Gasteiger partial charge in [-0.1, -0.05) is 0 Å². The fraction of sp³-hybridized carbons (Fsp3) is 0.316. The Bertz CT molecular complexity index is 1210. The van der Waals surface area contributed by atoms with Crippen molar-refractivity contribution in [3.8, 4) is 0 Å². The number of hydrazine groups is 1. The van der Waals surface area contributed by atoms with E-state index < -0.39 is 15.9 Å². The third-order valence-corrected chi connectivity index (χ3v) is 6.53. The van der Waals surface area contributed by atoms with Gasteiger partial charge in [0.15, 0.2) is 0 Å². The van der Waals surface area contributed by atoms with Crippen LogP contribution in [0.15, 0.2) is 39.8 Å². The van der Waals surface area contributed by atoms with Crippen molar-refractivity contribution in [3.05, 3.63) is 47.7 Å². The SMILES string of the molecule is Cc1occc1C(=O)NNC(=O)CCc1nc2cc(S(=O)(=O)N(C)C)ccc2n1C. The zero-order valence-corrected chi connectivity index (χ0v) is 17.9. The first-order chi connectivity index (χ1) is 14.1. The highest BCUT2D eigenvalue weighted by Gasteiger charge is 2.19. The molecule has 1 aromatic carbocycles. The summed E-state index contributed by atoms with van der Waals surface area (Å²) >= 11 is 0. The van der Waals surface area contributed by atoms with Crippen molar-refractivity contribution in [3.63, 3.8) is 0 Å². The molecule has 0 aliphatic carbocycles. The third kappa shape index (κ3) is 4.21. The molecule has 2 N–H and O–H groups in total. The molecule has 0 fully saturated rings. The zero-order chi connectivity index (χ0) is 22.1. The quantitative estimate of drug-likeness (QED) is 0.561. The number of furan rings is 1. The summed E-state index contributed by atoms with van der Waals surface area (Å²) in [5, 5.41) is 0. The lowest BCUT2D eigenvalue weighted by Crippen LogP contribution is -2.41. The minimum Gasteiger partial charge on any atom is -0.469 e. The molecule has 0 aliphatic heterocycles. The maximum absolute atomic E-state index is 12.3. The van der Waals surface area contributed by atoms with Crippen LogP contribution in [-0.2, 0) is 28.3 Å². The number of aromatic nitrogens is 2. The molecular weight excluding hydrogens is 410 g/mol. The summed E-state index contributed by atoms with van der Waals surface area (Å²) in [6, 6.07) is 6.25. The zero-order valence-electron chi connectivity index (χ0n) is 17.1. The third-order valence-electron chi connectivity index (χ3n) is 4.72. The van der Waals surface area contributed by atoms with Gasteiger partial charge in [-0.15, -0.1) is 0 Å². The lowest BCUT2D eigenvalue weighted by Gasteiger charge is -2.10. The van der Waals surface area contributed by atoms with Gasteiger partial charge in [0.1, 0.15) is 11.6 Å². The molecule has 0 aliphatic rings. The summed E-state index contributed by atoms with van der Waals surface area (Å²) < 4.78 is 32.6. The van der Waals surface area contributed by atoms with Crippen molar-refractivity contribution in [2.45, 2.75) is 24.7 Å². The normalized spacial score (nSPS) is 11.8. The molecule has 0 unspecified atom stereocenters. The average molecular weight is 433 g/mol. The highest BCUT2D eigenvalue weighted by molar-refractivity contribution is 7.89. The Morgan fingerprint density at radius 2 is 1.93 bits per heavy atom. The Kier molecular flexibility index (Phi) is 5.94. The average Bonchev–Trinajstić information content (AvgIpc) is 3.27. The summed E-state index contributed by atoms with van der Waals surface area (Å²) in [6.45, 7) is 1.65. The Morgan fingerprint density at radius 1 is 1.20 bits per heavy atom. The number of aryl methyl sites for hydroxylation is 3. The smallest absolute Gasteiger partial charge is 0.273 e. The number of amides is 2. The first kappa shape index (κ1) is 21.5. The van der Waals surface area contributed by atoms with E-state index in [-0.39, 0.29) is 17.2 Å². The molecule has 3 rings (SSSR count). The lowest BCUT2D eigenvalue weighted by atomic mass is 10.2. The molecule has 0 bridgehead atoms. The molecular formula is C19H23N5O5S. The summed E-state index contributed by atoms with van der Waals surface area (Å²) in [7, 11) is 1.17. The number of rotatable bonds is 6. The van der Waals surface area contributed by atoms with Crippen molar-refractivity contribution >= 4 is 32.9 Å². The molecule has 10 nitrogen and oxygen atoms in total. The van der Waals surface area contributed by atoms with Gasteiger partial charge in [-0.25, -0.2) is 17.7 Å². The van der Waals surface area contributed by atoms with Crippen LogP contribution in [0.5, 0.6) is 0 Å². The monoisotopic (exact) mass is 433 g/mol. The fourth-order valence-electron chi connectivity index (χ4n) is 2.93. The molecule has 2 aromatic heterocycles. The lowest BCUT2D eigenvalue weighted by molar-refractivity contribution is -0.121. The van der Waals surface area contributed by atoms with Crippen molar-refractivity contribution in [1.29, 1.82) is 0 Å². The first-order valence-electron chi connectivity index (χ1n) is 9.12. The second-order valence-corrected chi connectivity index (χ2v) is 9.07. The van der Waals surface area contributed by atoms with Crippen LogP contribution in [0.25, 0.3) is 11.0 Å². The largest absolute Gasteiger partial charge is 0.469 e. The molecule has 30 heavy (non-hydrogen) atoms. The molecule has 3 aromatic rings. The van der Waals surface area contributed by atoms with Crippen LogP contribution in [-0.4, -0.2) is 48.2 Å². The van der Waals surface area contributed by atoms with Gasteiger partial charge in [0.05, 0.1) is 27.8 Å². The van der Waals surface area contributed by atoms with E-state index in [1.165, 1.54) is 38.6 Å². The van der Waals surface area contributed by atoms with Crippen molar-refractivity contribution in [2.24, 2.45) is 7.05 Å². The Balaban J connectivity index is 1.66. The molecule has 0 spiro atoms. The molecule has 0 atom stereocenters. The van der Waals surface area contributed by atoms with Crippen LogP contribution in [0.3, 0.4) is 0 Å². The van der Waals surface area contributed by atoms with E-state index in [1.807, 2.05) is 4.57 Å². The van der Waals surface area contributed by atoms with Gasteiger partial charge in [0.2, 0.25) is 15.9 Å². The maximum atomic E-state index is 12.3. The second kappa shape index (κ2) is 8.28. The number of fused-ring (bicyclic) bond motifs is 1. The van der Waals surface area contributed by atoms with Crippen LogP contribution in [0.2, 0.25) is 0 Å². The molecule has 0 radical (unpaired) electrons. The van der Waals surface area contributed by atoms with Gasteiger partial charge in [-0.3, -0.25) is 20.4 Å². The topological polar surface area (TPSA) is 127 Å². The van der Waals surface area contributed by atoms with Crippen LogP contribution in [0.1, 0.15) is 28.4 Å².